The lowest BCUT2D eigenvalue weighted by molar-refractivity contribution is -0.122. The second-order valence-electron chi connectivity index (χ2n) is 10.5. The van der Waals surface area contributed by atoms with Crippen LogP contribution in [0.1, 0.15) is 46.0 Å². The van der Waals surface area contributed by atoms with Gasteiger partial charge in [0.25, 0.3) is 5.56 Å². The molecule has 0 radical (unpaired) electrons. The van der Waals surface area contributed by atoms with E-state index in [-0.39, 0.29) is 24.1 Å². The predicted octanol–water partition coefficient (Wildman–Crippen LogP) is 4.76. The number of halogens is 1. The van der Waals surface area contributed by atoms with Crippen molar-refractivity contribution in [2.24, 2.45) is 11.8 Å². The molecule has 190 valence electrons. The van der Waals surface area contributed by atoms with Gasteiger partial charge in [-0.25, -0.2) is 10.4 Å². The molecule has 5 rings (SSSR count). The van der Waals surface area contributed by atoms with Gasteiger partial charge in [0.1, 0.15) is 12.4 Å². The molecule has 36 heavy (non-hydrogen) atoms. The summed E-state index contributed by atoms with van der Waals surface area (Å²) in [5.41, 5.74) is 5.60. The lowest BCUT2D eigenvalue weighted by atomic mass is 9.97. The summed E-state index contributed by atoms with van der Waals surface area (Å²) in [5, 5.41) is 6.08. The third-order valence-corrected chi connectivity index (χ3v) is 7.25. The van der Waals surface area contributed by atoms with Gasteiger partial charge in [0.05, 0.1) is 16.6 Å². The average molecular weight is 508 g/mol. The summed E-state index contributed by atoms with van der Waals surface area (Å²) in [7, 11) is 0. The topological polar surface area (TPSA) is 79.3 Å². The van der Waals surface area contributed by atoms with Crippen molar-refractivity contribution in [3.05, 3.63) is 57.8 Å². The summed E-state index contributed by atoms with van der Waals surface area (Å²) >= 11 is 6.23. The quantitative estimate of drug-likeness (QED) is 0.482. The van der Waals surface area contributed by atoms with E-state index >= 15 is 0 Å². The largest absolute Gasteiger partial charge is 0.352 e. The fourth-order valence-electron chi connectivity index (χ4n) is 5.09. The van der Waals surface area contributed by atoms with E-state index in [1.54, 1.807) is 12.1 Å². The van der Waals surface area contributed by atoms with Crippen LogP contribution in [0.5, 0.6) is 0 Å². The number of amides is 1. The van der Waals surface area contributed by atoms with Crippen molar-refractivity contribution in [3.63, 3.8) is 0 Å². The molecule has 8 heteroatoms. The summed E-state index contributed by atoms with van der Waals surface area (Å²) < 4.78 is 1.46. The smallest absolute Gasteiger partial charge is 0.262 e. The summed E-state index contributed by atoms with van der Waals surface area (Å²) in [6.45, 7) is 5.53. The standard InChI is InChI=1S/C28H34ClN5O2/c1-18(2)31-26(35)17-33-27(21-6-3-7-22(29)14-21)32-25-11-10-23(15-24(25)28(33)36)34-12-4-5-20(16-30-34)13-19-8-9-19/h3,6-7,10-11,14-15,18-20,30H,4-5,8-9,12-13,16-17H2,1-2H3,(H,31,35). The van der Waals surface area contributed by atoms with E-state index in [0.717, 1.165) is 31.1 Å². The number of hydrogen-bond acceptors (Lipinski definition) is 5. The maximum atomic E-state index is 13.8. The van der Waals surface area contributed by atoms with Crippen LogP contribution < -0.4 is 21.3 Å². The molecule has 0 bridgehead atoms. The van der Waals surface area contributed by atoms with Crippen LogP contribution >= 0.6 is 11.6 Å². The molecule has 1 saturated heterocycles. The molecule has 1 unspecified atom stereocenters. The van der Waals surface area contributed by atoms with Gasteiger partial charge in [-0.1, -0.05) is 36.6 Å². The van der Waals surface area contributed by atoms with E-state index in [1.165, 1.54) is 30.3 Å². The molecule has 3 aromatic rings. The van der Waals surface area contributed by atoms with Gasteiger partial charge in [-0.2, -0.15) is 0 Å². The molecule has 2 N–H and O–H groups in total. The summed E-state index contributed by atoms with van der Waals surface area (Å²) in [6, 6.07) is 13.0. The van der Waals surface area contributed by atoms with Gasteiger partial charge >= 0.3 is 0 Å². The molecule has 1 aromatic heterocycles. The molecule has 1 amide bonds. The van der Waals surface area contributed by atoms with Crippen molar-refractivity contribution in [2.45, 2.75) is 58.5 Å². The molecule has 2 aliphatic rings. The third kappa shape index (κ3) is 5.73. The van der Waals surface area contributed by atoms with Gasteiger partial charge in [-0.3, -0.25) is 14.2 Å². The highest BCUT2D eigenvalue weighted by molar-refractivity contribution is 6.30. The zero-order chi connectivity index (χ0) is 25.2. The molecule has 2 fully saturated rings. The Labute approximate surface area is 216 Å². The number of carbonyl (C=O) groups excluding carboxylic acids is 1. The molecule has 7 nitrogen and oxygen atoms in total. The van der Waals surface area contributed by atoms with E-state index in [4.69, 9.17) is 16.6 Å². The second kappa shape index (κ2) is 10.6. The maximum absolute atomic E-state index is 13.8. The van der Waals surface area contributed by atoms with E-state index in [2.05, 4.69) is 15.8 Å². The van der Waals surface area contributed by atoms with Gasteiger partial charge in [0.2, 0.25) is 5.91 Å². The minimum Gasteiger partial charge on any atom is -0.352 e. The van der Waals surface area contributed by atoms with Crippen LogP contribution in [0.2, 0.25) is 5.02 Å². The van der Waals surface area contributed by atoms with Crippen LogP contribution in [0.15, 0.2) is 47.3 Å². The van der Waals surface area contributed by atoms with Crippen molar-refractivity contribution in [2.75, 3.05) is 18.1 Å². The monoisotopic (exact) mass is 507 g/mol. The van der Waals surface area contributed by atoms with Crippen LogP contribution in [0.25, 0.3) is 22.3 Å². The first-order valence-corrected chi connectivity index (χ1v) is 13.4. The molecule has 1 aliphatic carbocycles. The van der Waals surface area contributed by atoms with Crippen LogP contribution in [0, 0.1) is 11.8 Å². The minimum absolute atomic E-state index is 0.0271. The third-order valence-electron chi connectivity index (χ3n) is 7.01. The number of rotatable bonds is 7. The number of nitrogens with zero attached hydrogens (tertiary/aromatic N) is 3. The van der Waals surface area contributed by atoms with Gasteiger partial charge in [-0.05, 0) is 75.3 Å². The molecule has 2 heterocycles. The highest BCUT2D eigenvalue weighted by Crippen LogP contribution is 2.37. The lowest BCUT2D eigenvalue weighted by Crippen LogP contribution is -2.39. The van der Waals surface area contributed by atoms with Crippen molar-refractivity contribution in [1.82, 2.24) is 20.3 Å². The molecule has 1 aliphatic heterocycles. The van der Waals surface area contributed by atoms with Crippen molar-refractivity contribution < 1.29 is 4.79 Å². The first-order chi connectivity index (χ1) is 17.4. The Hall–Kier alpha value is -2.90. The molecular formula is C28H34ClN5O2. The number of nitrogens with one attached hydrogen (secondary N) is 2. The Morgan fingerprint density at radius 1 is 1.17 bits per heavy atom. The van der Waals surface area contributed by atoms with Gasteiger partial charge in [0.15, 0.2) is 0 Å². The Bertz CT molecular complexity index is 1320. The fourth-order valence-corrected chi connectivity index (χ4v) is 5.28. The van der Waals surface area contributed by atoms with Gasteiger partial charge in [-0.15, -0.1) is 0 Å². The Kier molecular flexibility index (Phi) is 7.30. The minimum atomic E-state index is -0.239. The second-order valence-corrected chi connectivity index (χ2v) is 10.9. The van der Waals surface area contributed by atoms with Gasteiger partial charge < -0.3 is 10.3 Å². The van der Waals surface area contributed by atoms with Gasteiger partial charge in [0, 0.05) is 29.7 Å². The van der Waals surface area contributed by atoms with Crippen LogP contribution in [0.4, 0.5) is 5.69 Å². The van der Waals surface area contributed by atoms with Crippen molar-refractivity contribution >= 4 is 34.1 Å². The Balaban J connectivity index is 1.50. The van der Waals surface area contributed by atoms with Crippen LogP contribution in [-0.2, 0) is 11.3 Å². The Morgan fingerprint density at radius 3 is 2.75 bits per heavy atom. The van der Waals surface area contributed by atoms with Crippen molar-refractivity contribution in [1.29, 1.82) is 0 Å². The number of hydrazine groups is 1. The predicted molar refractivity (Wildman–Crippen MR) is 145 cm³/mol. The summed E-state index contributed by atoms with van der Waals surface area (Å²) in [6.07, 6.45) is 6.44. The normalized spacial score (nSPS) is 18.4. The first-order valence-electron chi connectivity index (χ1n) is 13.0. The van der Waals surface area contributed by atoms with E-state index in [0.29, 0.717) is 33.2 Å². The first kappa shape index (κ1) is 24.8. The zero-order valence-electron chi connectivity index (χ0n) is 21.0. The van der Waals surface area contributed by atoms with E-state index < -0.39 is 0 Å². The van der Waals surface area contributed by atoms with E-state index in [9.17, 15) is 9.59 Å². The van der Waals surface area contributed by atoms with E-state index in [1.807, 2.05) is 44.2 Å². The number of anilines is 1. The highest BCUT2D eigenvalue weighted by Gasteiger charge is 2.27. The average Bonchev–Trinajstić information content (AvgIpc) is 3.68. The van der Waals surface area contributed by atoms with Crippen molar-refractivity contribution in [3.8, 4) is 11.4 Å². The van der Waals surface area contributed by atoms with Crippen LogP contribution in [-0.4, -0.2) is 34.6 Å². The molecule has 1 saturated carbocycles. The molecular weight excluding hydrogens is 474 g/mol. The number of hydrogen-bond donors (Lipinski definition) is 2. The summed E-state index contributed by atoms with van der Waals surface area (Å²) in [4.78, 5) is 31.3. The number of carbonyl (C=O) groups is 1. The molecule has 1 atom stereocenters. The maximum Gasteiger partial charge on any atom is 0.262 e. The fraction of sp³-hybridized carbons (Fsp3) is 0.464. The zero-order valence-corrected chi connectivity index (χ0v) is 21.7. The number of aromatic nitrogens is 2. The highest BCUT2D eigenvalue weighted by atomic mass is 35.5. The lowest BCUT2D eigenvalue weighted by Gasteiger charge is -2.24. The Morgan fingerprint density at radius 2 is 2.00 bits per heavy atom. The number of fused-ring (bicyclic) bond motifs is 1. The molecule has 0 spiro atoms. The number of benzene rings is 2. The molecule has 2 aromatic carbocycles. The summed E-state index contributed by atoms with van der Waals surface area (Å²) in [5.74, 6) is 1.83. The SMILES string of the molecule is CC(C)NC(=O)Cn1c(-c2cccc(Cl)c2)nc2ccc(N3CCCC(CC4CC4)CN3)cc2c1=O. The van der Waals surface area contributed by atoms with Crippen LogP contribution in [0.3, 0.4) is 0 Å².